The number of aromatic nitrogens is 6. The molecule has 1 fully saturated rings. The molecule has 148 valence electrons. The molecule has 0 atom stereocenters. The molecular formula is C19H21N9O. The van der Waals surface area contributed by atoms with Crippen molar-refractivity contribution >= 4 is 28.7 Å². The third-order valence-electron chi connectivity index (χ3n) is 5.16. The van der Waals surface area contributed by atoms with Crippen molar-refractivity contribution < 1.29 is 4.79 Å². The molecule has 3 aromatic rings. The highest BCUT2D eigenvalue weighted by molar-refractivity contribution is 5.90. The molecule has 1 aliphatic carbocycles. The van der Waals surface area contributed by atoms with Crippen LogP contribution in [0.2, 0.25) is 0 Å². The zero-order chi connectivity index (χ0) is 20.6. The van der Waals surface area contributed by atoms with Gasteiger partial charge in [0.25, 0.3) is 0 Å². The molecule has 0 aliphatic heterocycles. The summed E-state index contributed by atoms with van der Waals surface area (Å²) in [5.74, 6) is 0.706. The van der Waals surface area contributed by atoms with Crippen molar-refractivity contribution in [2.45, 2.75) is 39.3 Å². The molecule has 0 bridgehead atoms. The van der Waals surface area contributed by atoms with Gasteiger partial charge in [0.1, 0.15) is 23.9 Å². The zero-order valence-corrected chi connectivity index (χ0v) is 16.5. The maximum atomic E-state index is 12.4. The summed E-state index contributed by atoms with van der Waals surface area (Å²) in [4.78, 5) is 23.6. The Bertz CT molecular complexity index is 1090. The normalized spacial score (nSPS) is 15.5. The van der Waals surface area contributed by atoms with E-state index in [0.717, 1.165) is 18.7 Å². The van der Waals surface area contributed by atoms with Gasteiger partial charge in [0, 0.05) is 13.1 Å². The number of nitrogens with zero attached hydrogens (tertiary/aromatic N) is 8. The molecule has 1 N–H and O–H groups in total. The fraction of sp³-hybridized carbons (Fsp3) is 0.421. The summed E-state index contributed by atoms with van der Waals surface area (Å²) in [6.45, 7) is 4.49. The molecule has 0 spiro atoms. The van der Waals surface area contributed by atoms with Crippen LogP contribution in [0.1, 0.15) is 32.4 Å². The van der Waals surface area contributed by atoms with Crippen LogP contribution in [0.4, 0.5) is 11.6 Å². The average molecular weight is 391 g/mol. The van der Waals surface area contributed by atoms with E-state index in [4.69, 9.17) is 5.26 Å². The molecule has 10 nitrogen and oxygen atoms in total. The second-order valence-corrected chi connectivity index (χ2v) is 8.04. The minimum Gasteiger partial charge on any atom is -0.355 e. The number of hydrogen-bond acceptors (Lipinski definition) is 8. The quantitative estimate of drug-likeness (QED) is 0.697. The van der Waals surface area contributed by atoms with Gasteiger partial charge in [-0.2, -0.15) is 10.4 Å². The van der Waals surface area contributed by atoms with Crippen LogP contribution in [-0.4, -0.2) is 48.9 Å². The Balaban J connectivity index is 1.48. The molecule has 1 aliphatic rings. The Labute approximate surface area is 167 Å². The number of anilines is 2. The second-order valence-electron chi connectivity index (χ2n) is 8.04. The predicted molar refractivity (Wildman–Crippen MR) is 106 cm³/mol. The van der Waals surface area contributed by atoms with Crippen LogP contribution in [0.5, 0.6) is 0 Å². The lowest BCUT2D eigenvalue weighted by molar-refractivity contribution is -0.116. The SMILES string of the molecule is CN(c1cnc2cnn(CC(=O)Nc3ccc(C#N)nn3)c2n1)C1CC(C)(C)C1. The molecule has 4 rings (SSSR count). The summed E-state index contributed by atoms with van der Waals surface area (Å²) in [5.41, 5.74) is 1.73. The van der Waals surface area contributed by atoms with Crippen LogP contribution < -0.4 is 10.2 Å². The highest BCUT2D eigenvalue weighted by atomic mass is 16.2. The zero-order valence-electron chi connectivity index (χ0n) is 16.5. The van der Waals surface area contributed by atoms with Gasteiger partial charge in [-0.15, -0.1) is 10.2 Å². The number of nitriles is 1. The second kappa shape index (κ2) is 7.09. The summed E-state index contributed by atoms with van der Waals surface area (Å²) >= 11 is 0. The molecule has 10 heteroatoms. The van der Waals surface area contributed by atoms with Gasteiger partial charge in [0.2, 0.25) is 5.91 Å². The number of fused-ring (bicyclic) bond motifs is 1. The van der Waals surface area contributed by atoms with Crippen LogP contribution in [0.15, 0.2) is 24.5 Å². The predicted octanol–water partition coefficient (Wildman–Crippen LogP) is 1.75. The number of amides is 1. The van der Waals surface area contributed by atoms with Crippen molar-refractivity contribution in [2.75, 3.05) is 17.3 Å². The van der Waals surface area contributed by atoms with Gasteiger partial charge >= 0.3 is 0 Å². The van der Waals surface area contributed by atoms with Gasteiger partial charge in [-0.25, -0.2) is 14.6 Å². The summed E-state index contributed by atoms with van der Waals surface area (Å²) in [5, 5.41) is 23.1. The molecule has 3 aromatic heterocycles. The maximum absolute atomic E-state index is 12.4. The molecule has 1 saturated carbocycles. The first-order valence-corrected chi connectivity index (χ1v) is 9.30. The van der Waals surface area contributed by atoms with Crippen molar-refractivity contribution in [3.63, 3.8) is 0 Å². The Morgan fingerprint density at radius 1 is 1.34 bits per heavy atom. The topological polar surface area (TPSA) is 126 Å². The van der Waals surface area contributed by atoms with Crippen molar-refractivity contribution in [3.8, 4) is 6.07 Å². The van der Waals surface area contributed by atoms with Gasteiger partial charge in [-0.3, -0.25) is 4.79 Å². The maximum Gasteiger partial charge on any atom is 0.247 e. The van der Waals surface area contributed by atoms with Crippen molar-refractivity contribution in [1.29, 1.82) is 5.26 Å². The number of nitrogens with one attached hydrogen (secondary N) is 1. The first kappa shape index (κ1) is 18.7. The van der Waals surface area contributed by atoms with Gasteiger partial charge < -0.3 is 10.2 Å². The number of carbonyl (C=O) groups is 1. The third kappa shape index (κ3) is 3.85. The number of carbonyl (C=O) groups excluding carboxylic acids is 1. The lowest BCUT2D eigenvalue weighted by atomic mass is 9.68. The molecule has 3 heterocycles. The Kier molecular flexibility index (Phi) is 4.58. The van der Waals surface area contributed by atoms with Gasteiger partial charge in [-0.1, -0.05) is 13.8 Å². The Hall–Kier alpha value is -3.61. The first-order chi connectivity index (χ1) is 13.8. The van der Waals surface area contributed by atoms with Crippen molar-refractivity contribution in [3.05, 3.63) is 30.2 Å². The minimum absolute atomic E-state index is 0.0382. The van der Waals surface area contributed by atoms with Crippen LogP contribution in [0.3, 0.4) is 0 Å². The fourth-order valence-electron chi connectivity index (χ4n) is 3.58. The average Bonchev–Trinajstić information content (AvgIpc) is 3.08. The molecule has 0 radical (unpaired) electrons. The lowest BCUT2D eigenvalue weighted by Crippen LogP contribution is -2.47. The number of rotatable bonds is 5. The van der Waals surface area contributed by atoms with E-state index in [9.17, 15) is 4.79 Å². The largest absolute Gasteiger partial charge is 0.355 e. The van der Waals surface area contributed by atoms with Gasteiger partial charge in [-0.05, 0) is 30.4 Å². The smallest absolute Gasteiger partial charge is 0.247 e. The van der Waals surface area contributed by atoms with Crippen molar-refractivity contribution in [1.82, 2.24) is 29.9 Å². The summed E-state index contributed by atoms with van der Waals surface area (Å²) < 4.78 is 1.51. The molecule has 1 amide bonds. The third-order valence-corrected chi connectivity index (χ3v) is 5.16. The van der Waals surface area contributed by atoms with Crippen LogP contribution in [0.25, 0.3) is 11.2 Å². The van der Waals surface area contributed by atoms with E-state index in [0.29, 0.717) is 22.6 Å². The Morgan fingerprint density at radius 3 is 2.79 bits per heavy atom. The van der Waals surface area contributed by atoms with E-state index in [1.807, 2.05) is 13.1 Å². The first-order valence-electron chi connectivity index (χ1n) is 9.30. The van der Waals surface area contributed by atoms with Crippen LogP contribution in [-0.2, 0) is 11.3 Å². The lowest BCUT2D eigenvalue weighted by Gasteiger charge is -2.47. The van der Waals surface area contributed by atoms with Crippen LogP contribution in [0, 0.1) is 16.7 Å². The summed E-state index contributed by atoms with van der Waals surface area (Å²) in [6, 6.07) is 5.33. The van der Waals surface area contributed by atoms with Crippen LogP contribution >= 0.6 is 0 Å². The van der Waals surface area contributed by atoms with Crippen molar-refractivity contribution in [2.24, 2.45) is 5.41 Å². The Morgan fingerprint density at radius 2 is 2.14 bits per heavy atom. The van der Waals surface area contributed by atoms with E-state index in [1.54, 1.807) is 12.4 Å². The standard InChI is InChI=1S/C19H21N9O/c1-19(2)6-13(7-19)27(3)16-10-21-14-9-22-28(18(14)24-16)11-17(29)23-15-5-4-12(8-20)25-26-15/h4-5,9-10,13H,6-7,11H2,1-3H3,(H,23,26,29). The van der Waals surface area contributed by atoms with E-state index in [-0.39, 0.29) is 24.0 Å². The summed E-state index contributed by atoms with van der Waals surface area (Å²) in [7, 11) is 2.02. The fourth-order valence-corrected chi connectivity index (χ4v) is 3.58. The summed E-state index contributed by atoms with van der Waals surface area (Å²) in [6.07, 6.45) is 5.55. The molecule has 0 unspecified atom stereocenters. The molecular weight excluding hydrogens is 370 g/mol. The van der Waals surface area contributed by atoms with E-state index in [1.165, 1.54) is 16.8 Å². The minimum atomic E-state index is -0.324. The molecule has 0 saturated heterocycles. The van der Waals surface area contributed by atoms with E-state index < -0.39 is 0 Å². The van der Waals surface area contributed by atoms with Gasteiger partial charge in [0.15, 0.2) is 17.2 Å². The van der Waals surface area contributed by atoms with Gasteiger partial charge in [0.05, 0.1) is 12.4 Å². The molecule has 29 heavy (non-hydrogen) atoms. The molecule has 0 aromatic carbocycles. The monoisotopic (exact) mass is 391 g/mol. The van der Waals surface area contributed by atoms with E-state index >= 15 is 0 Å². The van der Waals surface area contributed by atoms with E-state index in [2.05, 4.69) is 49.3 Å². The highest BCUT2D eigenvalue weighted by Gasteiger charge is 2.38. The highest BCUT2D eigenvalue weighted by Crippen LogP contribution is 2.43. The number of hydrogen-bond donors (Lipinski definition) is 1.